The van der Waals surface area contributed by atoms with Crippen LogP contribution in [-0.2, 0) is 0 Å². The van der Waals surface area contributed by atoms with Crippen LogP contribution in [0.3, 0.4) is 0 Å². The molecule has 0 saturated heterocycles. The number of unbranched alkanes of at least 4 members (excludes halogenated alkanes) is 2. The van der Waals surface area contributed by atoms with Crippen LogP contribution in [0.25, 0.3) is 0 Å². The second-order valence-corrected chi connectivity index (χ2v) is 3.76. The molecule has 0 heterocycles. The Bertz CT molecular complexity index is 74.1. The van der Waals surface area contributed by atoms with Crippen LogP contribution in [0.4, 0.5) is 0 Å². The Kier molecular flexibility index (Phi) is 6.69. The van der Waals surface area contributed by atoms with Crippen molar-refractivity contribution in [3.05, 3.63) is 6.92 Å². The topological polar surface area (TPSA) is 0 Å². The molecule has 0 nitrogen and oxygen atoms in total. The van der Waals surface area contributed by atoms with Crippen LogP contribution in [0.5, 0.6) is 0 Å². The lowest BCUT2D eigenvalue weighted by atomic mass is 9.88. The molecule has 0 aliphatic rings. The molecule has 0 heteroatoms. The van der Waals surface area contributed by atoms with Gasteiger partial charge in [0.05, 0.1) is 0 Å². The number of rotatable bonds is 6. The minimum absolute atomic E-state index is 0.866. The Labute approximate surface area is 72.4 Å². The molecular formula is C11H23. The molecule has 0 spiro atoms. The summed E-state index contributed by atoms with van der Waals surface area (Å²) in [5.74, 6) is 1.81. The molecule has 0 aromatic heterocycles. The lowest BCUT2D eigenvalue weighted by Gasteiger charge is -2.18. The van der Waals surface area contributed by atoms with E-state index < -0.39 is 0 Å². The zero-order valence-electron chi connectivity index (χ0n) is 8.40. The van der Waals surface area contributed by atoms with E-state index in [2.05, 4.69) is 27.7 Å². The maximum absolute atomic E-state index is 3.85. The fourth-order valence-corrected chi connectivity index (χ4v) is 1.59. The summed E-state index contributed by atoms with van der Waals surface area (Å²) in [7, 11) is 0. The van der Waals surface area contributed by atoms with Crippen LogP contribution in [0.15, 0.2) is 0 Å². The quantitative estimate of drug-likeness (QED) is 0.507. The van der Waals surface area contributed by atoms with Crippen LogP contribution in [0.1, 0.15) is 52.9 Å². The van der Waals surface area contributed by atoms with Crippen molar-refractivity contribution in [1.29, 1.82) is 0 Å². The molecule has 1 unspecified atom stereocenters. The summed E-state index contributed by atoms with van der Waals surface area (Å²) >= 11 is 0. The van der Waals surface area contributed by atoms with Gasteiger partial charge in [-0.2, -0.15) is 0 Å². The first-order valence-electron chi connectivity index (χ1n) is 5.01. The van der Waals surface area contributed by atoms with E-state index in [0.29, 0.717) is 0 Å². The molecule has 0 rings (SSSR count). The maximum Gasteiger partial charge on any atom is -0.0394 e. The molecule has 0 amide bonds. The fraction of sp³-hybridized carbons (Fsp3) is 0.909. The highest BCUT2D eigenvalue weighted by Crippen LogP contribution is 2.21. The minimum atomic E-state index is 0.866. The first-order valence-corrected chi connectivity index (χ1v) is 5.01. The van der Waals surface area contributed by atoms with Crippen molar-refractivity contribution in [3.8, 4) is 0 Å². The minimum Gasteiger partial charge on any atom is -0.0651 e. The number of hydrogen-bond acceptors (Lipinski definition) is 0. The van der Waals surface area contributed by atoms with Crippen molar-refractivity contribution in [1.82, 2.24) is 0 Å². The molecule has 0 aliphatic carbocycles. The van der Waals surface area contributed by atoms with Crippen molar-refractivity contribution < 1.29 is 0 Å². The molecule has 11 heavy (non-hydrogen) atoms. The summed E-state index contributed by atoms with van der Waals surface area (Å²) in [6, 6.07) is 0. The Balaban J connectivity index is 3.36. The van der Waals surface area contributed by atoms with Gasteiger partial charge in [-0.05, 0) is 11.8 Å². The third-order valence-electron chi connectivity index (χ3n) is 2.54. The molecule has 0 fully saturated rings. The lowest BCUT2D eigenvalue weighted by Crippen LogP contribution is -2.06. The molecule has 0 N–H and O–H groups in total. The molecule has 1 atom stereocenters. The Hall–Kier alpha value is 0. The molecule has 1 radical (unpaired) electrons. The van der Waals surface area contributed by atoms with Crippen molar-refractivity contribution in [2.45, 2.75) is 52.9 Å². The van der Waals surface area contributed by atoms with Crippen LogP contribution in [-0.4, -0.2) is 0 Å². The van der Waals surface area contributed by atoms with E-state index in [1.54, 1.807) is 0 Å². The highest BCUT2D eigenvalue weighted by molar-refractivity contribution is 4.61. The van der Waals surface area contributed by atoms with Crippen molar-refractivity contribution in [2.24, 2.45) is 11.8 Å². The van der Waals surface area contributed by atoms with E-state index in [-0.39, 0.29) is 0 Å². The average molecular weight is 155 g/mol. The molecular weight excluding hydrogens is 132 g/mol. The van der Waals surface area contributed by atoms with Gasteiger partial charge in [0.2, 0.25) is 0 Å². The fourth-order valence-electron chi connectivity index (χ4n) is 1.59. The van der Waals surface area contributed by atoms with E-state index in [1.807, 2.05) is 0 Å². The van der Waals surface area contributed by atoms with Gasteiger partial charge in [0, 0.05) is 0 Å². The smallest absolute Gasteiger partial charge is 0.0394 e. The van der Waals surface area contributed by atoms with E-state index in [1.165, 1.54) is 25.7 Å². The summed E-state index contributed by atoms with van der Waals surface area (Å²) in [4.78, 5) is 0. The van der Waals surface area contributed by atoms with Gasteiger partial charge in [0.15, 0.2) is 0 Å². The summed E-state index contributed by atoms with van der Waals surface area (Å²) < 4.78 is 0. The van der Waals surface area contributed by atoms with Gasteiger partial charge in [-0.15, -0.1) is 0 Å². The van der Waals surface area contributed by atoms with Gasteiger partial charge in [0.25, 0.3) is 0 Å². The molecule has 67 valence electrons. The first kappa shape index (κ1) is 11.0. The highest BCUT2D eigenvalue weighted by Gasteiger charge is 2.09. The monoisotopic (exact) mass is 155 g/mol. The second kappa shape index (κ2) is 6.69. The summed E-state index contributed by atoms with van der Waals surface area (Å²) in [6.07, 6.45) is 6.54. The average Bonchev–Trinajstić information content (AvgIpc) is 1.97. The number of hydrogen-bond donors (Lipinski definition) is 0. The summed E-state index contributed by atoms with van der Waals surface area (Å²) in [5, 5.41) is 0. The standard InChI is InChI=1S/C11H23/c1-5-7-8-9-11(6-2)10(3)4/h10-11H,1,5-9H2,2-4H3. The molecule has 0 bridgehead atoms. The van der Waals surface area contributed by atoms with E-state index in [0.717, 1.165) is 18.3 Å². The largest absolute Gasteiger partial charge is 0.0651 e. The summed E-state index contributed by atoms with van der Waals surface area (Å²) in [6.45, 7) is 10.8. The first-order chi connectivity index (χ1) is 5.22. The Morgan fingerprint density at radius 1 is 1.18 bits per heavy atom. The van der Waals surface area contributed by atoms with Gasteiger partial charge in [0.1, 0.15) is 0 Å². The predicted molar refractivity (Wildman–Crippen MR) is 52.4 cm³/mol. The molecule has 0 aromatic rings. The summed E-state index contributed by atoms with van der Waals surface area (Å²) in [5.41, 5.74) is 0. The zero-order valence-corrected chi connectivity index (χ0v) is 8.40. The maximum atomic E-state index is 3.85. The van der Waals surface area contributed by atoms with E-state index in [9.17, 15) is 0 Å². The van der Waals surface area contributed by atoms with Gasteiger partial charge in [-0.1, -0.05) is 59.8 Å². The molecule has 0 saturated carbocycles. The van der Waals surface area contributed by atoms with Gasteiger partial charge in [-0.3, -0.25) is 0 Å². The van der Waals surface area contributed by atoms with E-state index >= 15 is 0 Å². The lowest BCUT2D eigenvalue weighted by molar-refractivity contribution is 0.338. The normalized spacial score (nSPS) is 13.9. The van der Waals surface area contributed by atoms with Crippen molar-refractivity contribution in [2.75, 3.05) is 0 Å². The van der Waals surface area contributed by atoms with Gasteiger partial charge >= 0.3 is 0 Å². The van der Waals surface area contributed by atoms with Crippen LogP contribution in [0, 0.1) is 18.8 Å². The van der Waals surface area contributed by atoms with Gasteiger partial charge < -0.3 is 0 Å². The van der Waals surface area contributed by atoms with Crippen molar-refractivity contribution >= 4 is 0 Å². The Morgan fingerprint density at radius 3 is 2.18 bits per heavy atom. The molecule has 0 aliphatic heterocycles. The van der Waals surface area contributed by atoms with Crippen molar-refractivity contribution in [3.63, 3.8) is 0 Å². The highest BCUT2D eigenvalue weighted by atomic mass is 14.1. The SMILES string of the molecule is [CH2]CCCCC(CC)C(C)C. The third kappa shape index (κ3) is 5.29. The third-order valence-corrected chi connectivity index (χ3v) is 2.54. The van der Waals surface area contributed by atoms with Crippen LogP contribution < -0.4 is 0 Å². The van der Waals surface area contributed by atoms with Crippen LogP contribution in [0.2, 0.25) is 0 Å². The van der Waals surface area contributed by atoms with Crippen LogP contribution >= 0.6 is 0 Å². The predicted octanol–water partition coefficient (Wildman–Crippen LogP) is 4.06. The van der Waals surface area contributed by atoms with E-state index in [4.69, 9.17) is 0 Å². The van der Waals surface area contributed by atoms with Gasteiger partial charge in [-0.25, -0.2) is 0 Å². The zero-order chi connectivity index (χ0) is 8.69. The Morgan fingerprint density at radius 2 is 1.82 bits per heavy atom. The molecule has 0 aromatic carbocycles. The second-order valence-electron chi connectivity index (χ2n) is 3.76.